The number of hydrogen-bond acceptors (Lipinski definition) is 3. The molecule has 0 fully saturated rings. The molecule has 1 amide bonds. The van der Waals surface area contributed by atoms with Gasteiger partial charge in [-0.1, -0.05) is 36.4 Å². The normalized spacial score (nSPS) is 21.1. The summed E-state index contributed by atoms with van der Waals surface area (Å²) in [5, 5.41) is 9.13. The monoisotopic (exact) mass is 349 g/mol. The Bertz CT molecular complexity index is 918. The Hall–Kier alpha value is -3.08. The summed E-state index contributed by atoms with van der Waals surface area (Å²) in [4.78, 5) is 26.1. The number of aliphatic carboxylic acids is 1. The maximum atomic E-state index is 13.1. The van der Waals surface area contributed by atoms with Crippen LogP contribution in [0.3, 0.4) is 0 Å². The molecule has 0 bridgehead atoms. The van der Waals surface area contributed by atoms with Crippen molar-refractivity contribution in [1.82, 2.24) is 4.90 Å². The first-order valence-electron chi connectivity index (χ1n) is 8.58. The van der Waals surface area contributed by atoms with Crippen molar-refractivity contribution < 1.29 is 19.4 Å². The molecule has 2 aliphatic heterocycles. The molecule has 2 aromatic rings. The van der Waals surface area contributed by atoms with Gasteiger partial charge in [-0.05, 0) is 35.2 Å². The van der Waals surface area contributed by atoms with Crippen molar-refractivity contribution >= 4 is 11.9 Å². The maximum Gasteiger partial charge on any atom is 0.327 e. The highest BCUT2D eigenvalue weighted by atomic mass is 16.5. The predicted octanol–water partition coefficient (Wildman–Crippen LogP) is 3.17. The number of carboxylic acids is 1. The Balaban J connectivity index is 1.91. The summed E-state index contributed by atoms with van der Waals surface area (Å²) in [5.74, 6) is -0.619. The van der Waals surface area contributed by atoms with E-state index in [0.717, 1.165) is 17.5 Å². The summed E-state index contributed by atoms with van der Waals surface area (Å²) in [5.41, 5.74) is 3.73. The van der Waals surface area contributed by atoms with Crippen molar-refractivity contribution in [3.8, 4) is 5.75 Å². The molecule has 2 aromatic carbocycles. The van der Waals surface area contributed by atoms with Gasteiger partial charge in [-0.3, -0.25) is 4.79 Å². The van der Waals surface area contributed by atoms with E-state index >= 15 is 0 Å². The fraction of sp³-hybridized carbons (Fsp3) is 0.238. The highest BCUT2D eigenvalue weighted by Crippen LogP contribution is 2.47. The first-order valence-corrected chi connectivity index (χ1v) is 8.58. The lowest BCUT2D eigenvalue weighted by Gasteiger charge is -2.45. The van der Waals surface area contributed by atoms with Gasteiger partial charge in [0.1, 0.15) is 5.75 Å². The molecule has 132 valence electrons. The molecule has 0 spiro atoms. The molecule has 0 radical (unpaired) electrons. The highest BCUT2D eigenvalue weighted by molar-refractivity contribution is 5.98. The predicted molar refractivity (Wildman–Crippen MR) is 96.4 cm³/mol. The summed E-state index contributed by atoms with van der Waals surface area (Å²) in [6.45, 7) is 0.620. The lowest BCUT2D eigenvalue weighted by molar-refractivity contribution is -0.131. The van der Waals surface area contributed by atoms with E-state index in [0.29, 0.717) is 17.9 Å². The van der Waals surface area contributed by atoms with E-state index in [1.807, 2.05) is 35.2 Å². The average Bonchev–Trinajstić information content (AvgIpc) is 2.67. The molecule has 5 nitrogen and oxygen atoms in total. The minimum absolute atomic E-state index is 0.0293. The Kier molecular flexibility index (Phi) is 3.99. The van der Waals surface area contributed by atoms with E-state index in [1.54, 1.807) is 19.3 Å². The van der Waals surface area contributed by atoms with Crippen LogP contribution in [0.2, 0.25) is 0 Å². The zero-order chi connectivity index (χ0) is 18.3. The number of hydrogen-bond donors (Lipinski definition) is 1. The number of carbonyl (C=O) groups is 2. The molecule has 2 heterocycles. The molecule has 5 heteroatoms. The zero-order valence-electron chi connectivity index (χ0n) is 14.4. The largest absolute Gasteiger partial charge is 0.497 e. The molecule has 0 saturated carbocycles. The third-order valence-electron chi connectivity index (χ3n) is 5.23. The van der Waals surface area contributed by atoms with Gasteiger partial charge in [0.05, 0.1) is 13.2 Å². The molecule has 2 aliphatic rings. The second-order valence-electron chi connectivity index (χ2n) is 6.57. The van der Waals surface area contributed by atoms with Gasteiger partial charge in [-0.15, -0.1) is 0 Å². The Morgan fingerprint density at radius 3 is 2.81 bits per heavy atom. The molecule has 26 heavy (non-hydrogen) atoms. The first-order chi connectivity index (χ1) is 12.6. The van der Waals surface area contributed by atoms with Gasteiger partial charge in [0.25, 0.3) is 5.91 Å². The second-order valence-corrected chi connectivity index (χ2v) is 6.57. The lowest BCUT2D eigenvalue weighted by atomic mass is 9.76. The number of carboxylic acid groups (broad SMARTS) is 1. The van der Waals surface area contributed by atoms with E-state index in [4.69, 9.17) is 9.84 Å². The Morgan fingerprint density at radius 2 is 2.04 bits per heavy atom. The van der Waals surface area contributed by atoms with Crippen LogP contribution < -0.4 is 4.74 Å². The number of rotatable bonds is 3. The molecular weight excluding hydrogens is 330 g/mol. The number of carbonyl (C=O) groups excluding carboxylic acids is 1. The summed E-state index contributed by atoms with van der Waals surface area (Å²) in [6, 6.07) is 13.3. The van der Waals surface area contributed by atoms with Crippen LogP contribution in [0.25, 0.3) is 0 Å². The maximum absolute atomic E-state index is 13.1. The van der Waals surface area contributed by atoms with Crippen LogP contribution in [0.4, 0.5) is 0 Å². The Labute approximate surface area is 151 Å². The molecule has 0 aliphatic carbocycles. The van der Waals surface area contributed by atoms with Crippen LogP contribution in [-0.2, 0) is 11.2 Å². The van der Waals surface area contributed by atoms with Gasteiger partial charge in [0, 0.05) is 24.1 Å². The van der Waals surface area contributed by atoms with Crippen LogP contribution in [0, 0.1) is 0 Å². The molecule has 0 saturated heterocycles. The highest BCUT2D eigenvalue weighted by Gasteiger charge is 2.42. The first kappa shape index (κ1) is 16.4. The molecule has 2 unspecified atom stereocenters. The van der Waals surface area contributed by atoms with Crippen LogP contribution in [0.15, 0.2) is 54.6 Å². The van der Waals surface area contributed by atoms with E-state index in [1.165, 1.54) is 11.6 Å². The van der Waals surface area contributed by atoms with E-state index < -0.39 is 5.97 Å². The molecule has 1 N–H and O–H groups in total. The van der Waals surface area contributed by atoms with Crippen molar-refractivity contribution in [2.45, 2.75) is 18.4 Å². The van der Waals surface area contributed by atoms with Crippen molar-refractivity contribution in [3.05, 3.63) is 76.9 Å². The number of nitrogens with zero attached hydrogens (tertiary/aromatic N) is 1. The van der Waals surface area contributed by atoms with E-state index in [9.17, 15) is 9.59 Å². The van der Waals surface area contributed by atoms with Gasteiger partial charge in [0.2, 0.25) is 0 Å². The minimum atomic E-state index is -0.993. The average molecular weight is 349 g/mol. The third kappa shape index (κ3) is 2.56. The van der Waals surface area contributed by atoms with E-state index in [2.05, 4.69) is 6.07 Å². The third-order valence-corrected chi connectivity index (χ3v) is 5.23. The van der Waals surface area contributed by atoms with Gasteiger partial charge >= 0.3 is 5.97 Å². The summed E-state index contributed by atoms with van der Waals surface area (Å²) in [6.07, 6.45) is 3.66. The van der Waals surface area contributed by atoms with E-state index in [-0.39, 0.29) is 17.9 Å². The molecule has 2 atom stereocenters. The van der Waals surface area contributed by atoms with Gasteiger partial charge < -0.3 is 14.7 Å². The SMILES string of the molecule is COc1ccc2c(c1)C(=O)N1CCc3ccccc3C1C2C=CC(=O)O. The summed E-state index contributed by atoms with van der Waals surface area (Å²) < 4.78 is 5.27. The quantitative estimate of drug-likeness (QED) is 0.865. The molecular formula is C21H19NO4. The summed E-state index contributed by atoms with van der Waals surface area (Å²) in [7, 11) is 1.57. The molecule has 4 rings (SSSR count). The number of amides is 1. The van der Waals surface area contributed by atoms with Crippen molar-refractivity contribution in [2.75, 3.05) is 13.7 Å². The van der Waals surface area contributed by atoms with Crippen LogP contribution >= 0.6 is 0 Å². The lowest BCUT2D eigenvalue weighted by Crippen LogP contribution is -2.46. The van der Waals surface area contributed by atoms with Gasteiger partial charge in [-0.2, -0.15) is 0 Å². The number of fused-ring (bicyclic) bond motifs is 4. The Morgan fingerprint density at radius 1 is 1.23 bits per heavy atom. The fourth-order valence-corrected chi connectivity index (χ4v) is 4.07. The zero-order valence-corrected chi connectivity index (χ0v) is 14.4. The smallest absolute Gasteiger partial charge is 0.327 e. The standard InChI is InChI=1S/C21H19NO4/c1-26-14-6-7-16-17(8-9-19(23)24)20-15-5-3-2-4-13(15)10-11-22(20)21(25)18(16)12-14/h2-9,12,17,20H,10-11H2,1H3,(H,23,24). The fourth-order valence-electron chi connectivity index (χ4n) is 4.07. The van der Waals surface area contributed by atoms with Gasteiger partial charge in [0.15, 0.2) is 0 Å². The van der Waals surface area contributed by atoms with Crippen LogP contribution in [0.1, 0.15) is 39.0 Å². The van der Waals surface area contributed by atoms with Crippen molar-refractivity contribution in [1.29, 1.82) is 0 Å². The molecule has 0 aromatic heterocycles. The number of methoxy groups -OCH3 is 1. The van der Waals surface area contributed by atoms with Crippen LogP contribution in [0.5, 0.6) is 5.75 Å². The summed E-state index contributed by atoms with van der Waals surface area (Å²) >= 11 is 0. The minimum Gasteiger partial charge on any atom is -0.497 e. The van der Waals surface area contributed by atoms with Gasteiger partial charge in [-0.25, -0.2) is 4.79 Å². The second kappa shape index (κ2) is 6.33. The van der Waals surface area contributed by atoms with Crippen LogP contribution in [-0.4, -0.2) is 35.5 Å². The topological polar surface area (TPSA) is 66.8 Å². The van der Waals surface area contributed by atoms with Crippen molar-refractivity contribution in [3.63, 3.8) is 0 Å². The van der Waals surface area contributed by atoms with Crippen molar-refractivity contribution in [2.24, 2.45) is 0 Å². The number of ether oxygens (including phenoxy) is 1. The number of benzene rings is 2.